The van der Waals surface area contributed by atoms with Gasteiger partial charge in [0.15, 0.2) is 11.0 Å². The highest BCUT2D eigenvalue weighted by Gasteiger charge is 2.23. The van der Waals surface area contributed by atoms with Gasteiger partial charge in [0.05, 0.1) is 5.75 Å². The molecule has 1 N–H and O–H groups in total. The van der Waals surface area contributed by atoms with Crippen LogP contribution in [0.3, 0.4) is 0 Å². The summed E-state index contributed by atoms with van der Waals surface area (Å²) in [5.74, 6) is 1.92. The van der Waals surface area contributed by atoms with Crippen LogP contribution in [-0.4, -0.2) is 32.5 Å². The van der Waals surface area contributed by atoms with E-state index in [0.717, 1.165) is 29.5 Å². The summed E-state index contributed by atoms with van der Waals surface area (Å²) in [5.41, 5.74) is 2.27. The largest absolute Gasteiger partial charge is 0.352 e. The summed E-state index contributed by atoms with van der Waals surface area (Å²) in [7, 11) is 0. The molecule has 6 heteroatoms. The van der Waals surface area contributed by atoms with Gasteiger partial charge in [-0.05, 0) is 38.2 Å². The van der Waals surface area contributed by atoms with Crippen LogP contribution >= 0.6 is 11.8 Å². The molecule has 0 unspecified atom stereocenters. The number of rotatable bonds is 6. The number of thioether (sulfide) groups is 1. The third-order valence-corrected chi connectivity index (χ3v) is 6.18. The van der Waals surface area contributed by atoms with Crippen molar-refractivity contribution in [2.45, 2.75) is 64.2 Å². The second kappa shape index (κ2) is 8.71. The molecule has 2 atom stereocenters. The summed E-state index contributed by atoms with van der Waals surface area (Å²) in [5, 5.41) is 12.7. The number of amides is 1. The molecule has 1 amide bonds. The van der Waals surface area contributed by atoms with E-state index in [1.54, 1.807) is 0 Å². The van der Waals surface area contributed by atoms with Gasteiger partial charge in [0, 0.05) is 18.2 Å². The summed E-state index contributed by atoms with van der Waals surface area (Å²) < 4.78 is 2.09. The predicted molar refractivity (Wildman–Crippen MR) is 106 cm³/mol. The van der Waals surface area contributed by atoms with Gasteiger partial charge in [-0.15, -0.1) is 10.2 Å². The Morgan fingerprint density at radius 2 is 2.04 bits per heavy atom. The van der Waals surface area contributed by atoms with E-state index in [-0.39, 0.29) is 5.91 Å². The first-order chi connectivity index (χ1) is 12.6. The van der Waals surface area contributed by atoms with Crippen molar-refractivity contribution in [3.8, 4) is 11.4 Å². The molecule has 0 bridgehead atoms. The molecule has 26 heavy (non-hydrogen) atoms. The standard InChI is InChI=1S/C20H28N4OS/c1-4-24-19(16-11-7-5-9-14(16)2)22-23-20(24)26-13-18(25)21-17-12-8-6-10-15(17)3/h5,7,9,11,15,17H,4,6,8,10,12-13H2,1-3H3,(H,21,25)/t15-,17-/m1/s1. The summed E-state index contributed by atoms with van der Waals surface area (Å²) in [4.78, 5) is 12.4. The summed E-state index contributed by atoms with van der Waals surface area (Å²) in [6.07, 6.45) is 4.80. The van der Waals surface area contributed by atoms with Crippen molar-refractivity contribution in [2.75, 3.05) is 5.75 Å². The van der Waals surface area contributed by atoms with Gasteiger partial charge in [0.1, 0.15) is 0 Å². The minimum atomic E-state index is 0.0943. The van der Waals surface area contributed by atoms with E-state index in [9.17, 15) is 4.79 Å². The van der Waals surface area contributed by atoms with Gasteiger partial charge in [0.2, 0.25) is 5.91 Å². The average Bonchev–Trinajstić information content (AvgIpc) is 3.05. The first-order valence-corrected chi connectivity index (χ1v) is 10.5. The third kappa shape index (κ3) is 4.29. The van der Waals surface area contributed by atoms with Gasteiger partial charge in [-0.25, -0.2) is 0 Å². The quantitative estimate of drug-likeness (QED) is 0.777. The van der Waals surface area contributed by atoms with Gasteiger partial charge in [-0.2, -0.15) is 0 Å². The molecular formula is C20H28N4OS. The van der Waals surface area contributed by atoms with E-state index in [1.165, 1.54) is 36.6 Å². The van der Waals surface area contributed by atoms with Crippen LogP contribution in [0.2, 0.25) is 0 Å². The van der Waals surface area contributed by atoms with Crippen LogP contribution in [0.5, 0.6) is 0 Å². The number of nitrogens with one attached hydrogen (secondary N) is 1. The maximum Gasteiger partial charge on any atom is 0.230 e. The van der Waals surface area contributed by atoms with Crippen LogP contribution in [0.1, 0.15) is 45.1 Å². The molecule has 0 aliphatic heterocycles. The molecule has 0 radical (unpaired) electrons. The molecular weight excluding hydrogens is 344 g/mol. The summed E-state index contributed by atoms with van der Waals surface area (Å²) in [6.45, 7) is 7.17. The van der Waals surface area contributed by atoms with Crippen LogP contribution < -0.4 is 5.32 Å². The number of benzene rings is 1. The fourth-order valence-corrected chi connectivity index (χ4v) is 4.43. The van der Waals surface area contributed by atoms with E-state index in [1.807, 2.05) is 12.1 Å². The Bertz CT molecular complexity index is 758. The smallest absolute Gasteiger partial charge is 0.230 e. The van der Waals surface area contributed by atoms with Crippen molar-refractivity contribution in [3.05, 3.63) is 29.8 Å². The Kier molecular flexibility index (Phi) is 6.35. The topological polar surface area (TPSA) is 59.8 Å². The molecule has 3 rings (SSSR count). The van der Waals surface area contributed by atoms with Crippen molar-refractivity contribution in [1.82, 2.24) is 20.1 Å². The van der Waals surface area contributed by atoms with Crippen molar-refractivity contribution in [1.29, 1.82) is 0 Å². The number of carbonyl (C=O) groups is 1. The van der Waals surface area contributed by atoms with Crippen molar-refractivity contribution in [3.63, 3.8) is 0 Å². The van der Waals surface area contributed by atoms with E-state index < -0.39 is 0 Å². The van der Waals surface area contributed by atoms with Crippen LogP contribution in [0.4, 0.5) is 0 Å². The molecule has 1 aromatic carbocycles. The summed E-state index contributed by atoms with van der Waals surface area (Å²) >= 11 is 1.47. The SMILES string of the molecule is CCn1c(SCC(=O)N[C@@H]2CCCC[C@H]2C)nnc1-c1ccccc1C. The Morgan fingerprint density at radius 1 is 1.27 bits per heavy atom. The lowest BCUT2D eigenvalue weighted by molar-refractivity contribution is -0.119. The monoisotopic (exact) mass is 372 g/mol. The maximum atomic E-state index is 12.4. The molecule has 0 saturated heterocycles. The molecule has 0 spiro atoms. The molecule has 5 nitrogen and oxygen atoms in total. The Labute approximate surface area is 160 Å². The molecule has 2 aromatic rings. The van der Waals surface area contributed by atoms with Gasteiger partial charge in [-0.1, -0.05) is 55.8 Å². The summed E-state index contributed by atoms with van der Waals surface area (Å²) in [6, 6.07) is 8.51. The Morgan fingerprint density at radius 3 is 2.77 bits per heavy atom. The van der Waals surface area contributed by atoms with Gasteiger partial charge >= 0.3 is 0 Å². The molecule has 1 heterocycles. The zero-order valence-corrected chi connectivity index (χ0v) is 16.7. The van der Waals surface area contributed by atoms with Crippen LogP contribution in [-0.2, 0) is 11.3 Å². The van der Waals surface area contributed by atoms with E-state index in [4.69, 9.17) is 0 Å². The lowest BCUT2D eigenvalue weighted by Gasteiger charge is -2.29. The number of nitrogens with zero attached hydrogens (tertiary/aromatic N) is 3. The average molecular weight is 373 g/mol. The lowest BCUT2D eigenvalue weighted by Crippen LogP contribution is -2.41. The molecule has 1 aliphatic carbocycles. The van der Waals surface area contributed by atoms with Gasteiger partial charge in [0.25, 0.3) is 0 Å². The van der Waals surface area contributed by atoms with E-state index in [2.05, 4.69) is 53.0 Å². The van der Waals surface area contributed by atoms with Crippen molar-refractivity contribution >= 4 is 17.7 Å². The van der Waals surface area contributed by atoms with Gasteiger partial charge < -0.3 is 9.88 Å². The van der Waals surface area contributed by atoms with E-state index in [0.29, 0.717) is 17.7 Å². The zero-order valence-electron chi connectivity index (χ0n) is 15.9. The number of hydrogen-bond acceptors (Lipinski definition) is 4. The fraction of sp³-hybridized carbons (Fsp3) is 0.550. The first-order valence-electron chi connectivity index (χ1n) is 9.51. The number of carbonyl (C=O) groups excluding carboxylic acids is 1. The fourth-order valence-electron chi connectivity index (χ4n) is 3.61. The van der Waals surface area contributed by atoms with Crippen molar-refractivity contribution in [2.24, 2.45) is 5.92 Å². The normalized spacial score (nSPS) is 20.1. The lowest BCUT2D eigenvalue weighted by atomic mass is 9.86. The second-order valence-electron chi connectivity index (χ2n) is 7.09. The molecule has 1 saturated carbocycles. The molecule has 140 valence electrons. The van der Waals surface area contributed by atoms with Crippen molar-refractivity contribution < 1.29 is 4.79 Å². The van der Waals surface area contributed by atoms with E-state index >= 15 is 0 Å². The minimum absolute atomic E-state index is 0.0943. The highest BCUT2D eigenvalue weighted by atomic mass is 32.2. The third-order valence-electron chi connectivity index (χ3n) is 5.21. The van der Waals surface area contributed by atoms with Crippen LogP contribution in [0.15, 0.2) is 29.4 Å². The molecule has 1 fully saturated rings. The first kappa shape index (κ1) is 19.0. The number of hydrogen-bond donors (Lipinski definition) is 1. The molecule has 1 aromatic heterocycles. The predicted octanol–water partition coefficient (Wildman–Crippen LogP) is 4.06. The zero-order chi connectivity index (χ0) is 18.5. The van der Waals surface area contributed by atoms with Gasteiger partial charge in [-0.3, -0.25) is 4.79 Å². The minimum Gasteiger partial charge on any atom is -0.352 e. The highest BCUT2D eigenvalue weighted by Crippen LogP contribution is 2.27. The van der Waals surface area contributed by atoms with Crippen LogP contribution in [0.25, 0.3) is 11.4 Å². The molecule has 1 aliphatic rings. The Hall–Kier alpha value is -1.82. The van der Waals surface area contributed by atoms with Crippen LogP contribution in [0, 0.1) is 12.8 Å². The maximum absolute atomic E-state index is 12.4. The highest BCUT2D eigenvalue weighted by molar-refractivity contribution is 7.99. The Balaban J connectivity index is 1.65. The number of aryl methyl sites for hydroxylation is 1. The number of aromatic nitrogens is 3. The second-order valence-corrected chi connectivity index (χ2v) is 8.03.